The minimum atomic E-state index is -0.743. The SMILES string of the molecule is COc1cc(/C=N/NC(N)=O)ccc1OCc1ccc(F)cc1. The number of methoxy groups -OCH3 is 1. The number of carbonyl (C=O) groups is 1. The fraction of sp³-hybridized carbons (Fsp3) is 0.125. The Morgan fingerprint density at radius 1 is 1.26 bits per heavy atom. The first-order valence-corrected chi connectivity index (χ1v) is 6.72. The van der Waals surface area contributed by atoms with Crippen molar-refractivity contribution in [2.45, 2.75) is 6.61 Å². The molecule has 3 N–H and O–H groups in total. The van der Waals surface area contributed by atoms with Crippen LogP contribution in [0.4, 0.5) is 9.18 Å². The molecule has 0 saturated heterocycles. The Hall–Kier alpha value is -3.09. The van der Waals surface area contributed by atoms with Crippen molar-refractivity contribution in [1.82, 2.24) is 5.43 Å². The largest absolute Gasteiger partial charge is 0.493 e. The van der Waals surface area contributed by atoms with E-state index in [9.17, 15) is 9.18 Å². The van der Waals surface area contributed by atoms with E-state index in [0.29, 0.717) is 17.1 Å². The molecular formula is C16H16FN3O3. The van der Waals surface area contributed by atoms with Crippen LogP contribution in [0.2, 0.25) is 0 Å². The number of halogens is 1. The predicted molar refractivity (Wildman–Crippen MR) is 84.0 cm³/mol. The van der Waals surface area contributed by atoms with E-state index in [1.165, 1.54) is 25.5 Å². The van der Waals surface area contributed by atoms with Crippen molar-refractivity contribution in [2.75, 3.05) is 7.11 Å². The molecule has 0 aliphatic heterocycles. The second-order valence-corrected chi connectivity index (χ2v) is 4.56. The van der Waals surface area contributed by atoms with Crippen LogP contribution in [0, 0.1) is 5.82 Å². The number of amides is 2. The molecule has 2 amide bonds. The summed E-state index contributed by atoms with van der Waals surface area (Å²) in [6.45, 7) is 0.285. The Labute approximate surface area is 132 Å². The number of primary amides is 1. The van der Waals surface area contributed by atoms with E-state index in [4.69, 9.17) is 15.2 Å². The standard InChI is InChI=1S/C16H16FN3O3/c1-22-15-8-12(9-19-20-16(18)21)4-7-14(15)23-10-11-2-5-13(17)6-3-11/h2-9H,10H2,1H3,(H3,18,20,21)/b19-9+. The minimum absolute atomic E-state index is 0.285. The summed E-state index contributed by atoms with van der Waals surface area (Å²) in [5.74, 6) is 0.756. The van der Waals surface area contributed by atoms with Crippen LogP contribution in [-0.4, -0.2) is 19.4 Å². The van der Waals surface area contributed by atoms with Crippen molar-refractivity contribution < 1.29 is 18.7 Å². The number of carbonyl (C=O) groups excluding carboxylic acids is 1. The number of nitrogens with two attached hydrogens (primary N) is 1. The highest BCUT2D eigenvalue weighted by Gasteiger charge is 2.06. The molecule has 0 heterocycles. The zero-order valence-corrected chi connectivity index (χ0v) is 12.5. The van der Waals surface area contributed by atoms with Gasteiger partial charge in [-0.1, -0.05) is 12.1 Å². The lowest BCUT2D eigenvalue weighted by molar-refractivity contribution is 0.249. The van der Waals surface area contributed by atoms with Gasteiger partial charge in [0, 0.05) is 0 Å². The minimum Gasteiger partial charge on any atom is -0.493 e. The van der Waals surface area contributed by atoms with Gasteiger partial charge in [0.2, 0.25) is 0 Å². The summed E-state index contributed by atoms with van der Waals surface area (Å²) in [6.07, 6.45) is 1.43. The highest BCUT2D eigenvalue weighted by molar-refractivity contribution is 5.82. The average molecular weight is 317 g/mol. The van der Waals surface area contributed by atoms with Gasteiger partial charge in [0.15, 0.2) is 11.5 Å². The van der Waals surface area contributed by atoms with E-state index in [0.717, 1.165) is 5.56 Å². The summed E-state index contributed by atoms with van der Waals surface area (Å²) in [5, 5.41) is 3.67. The molecule has 0 unspecified atom stereocenters. The van der Waals surface area contributed by atoms with Crippen LogP contribution in [0.15, 0.2) is 47.6 Å². The van der Waals surface area contributed by atoms with Crippen LogP contribution in [0.1, 0.15) is 11.1 Å². The second kappa shape index (κ2) is 7.79. The maximum absolute atomic E-state index is 12.9. The molecule has 0 bridgehead atoms. The third-order valence-electron chi connectivity index (χ3n) is 2.88. The number of ether oxygens (including phenoxy) is 2. The quantitative estimate of drug-likeness (QED) is 0.633. The van der Waals surface area contributed by atoms with Gasteiger partial charge in [-0.15, -0.1) is 0 Å². The fourth-order valence-electron chi connectivity index (χ4n) is 1.80. The maximum atomic E-state index is 12.9. The van der Waals surface area contributed by atoms with Gasteiger partial charge >= 0.3 is 6.03 Å². The molecule has 2 aromatic carbocycles. The molecule has 0 radical (unpaired) electrons. The number of hydrazone groups is 1. The normalized spacial score (nSPS) is 10.5. The van der Waals surface area contributed by atoms with Gasteiger partial charge in [-0.25, -0.2) is 14.6 Å². The van der Waals surface area contributed by atoms with Crippen LogP contribution in [0.3, 0.4) is 0 Å². The summed E-state index contributed by atoms with van der Waals surface area (Å²) in [4.78, 5) is 10.5. The van der Waals surface area contributed by atoms with Crippen molar-refractivity contribution in [2.24, 2.45) is 10.8 Å². The molecule has 2 aromatic rings. The molecular weight excluding hydrogens is 301 g/mol. The molecule has 6 nitrogen and oxygen atoms in total. The summed E-state index contributed by atoms with van der Waals surface area (Å²) in [6, 6.07) is 10.5. The van der Waals surface area contributed by atoms with E-state index >= 15 is 0 Å². The van der Waals surface area contributed by atoms with Crippen LogP contribution in [-0.2, 0) is 6.61 Å². The number of nitrogens with one attached hydrogen (secondary N) is 1. The smallest absolute Gasteiger partial charge is 0.332 e. The van der Waals surface area contributed by atoms with Crippen molar-refractivity contribution >= 4 is 12.2 Å². The van der Waals surface area contributed by atoms with E-state index in [1.54, 1.807) is 30.3 Å². The Bertz CT molecular complexity index is 702. The Morgan fingerprint density at radius 2 is 2.00 bits per heavy atom. The zero-order valence-electron chi connectivity index (χ0n) is 12.5. The molecule has 0 aromatic heterocycles. The molecule has 120 valence electrons. The maximum Gasteiger partial charge on any atom is 0.332 e. The van der Waals surface area contributed by atoms with Crippen molar-refractivity contribution in [3.63, 3.8) is 0 Å². The predicted octanol–water partition coefficient (Wildman–Crippen LogP) is 2.42. The van der Waals surface area contributed by atoms with Crippen molar-refractivity contribution in [1.29, 1.82) is 0 Å². The lowest BCUT2D eigenvalue weighted by atomic mass is 10.2. The molecule has 2 rings (SSSR count). The zero-order chi connectivity index (χ0) is 16.7. The molecule has 7 heteroatoms. The topological polar surface area (TPSA) is 85.9 Å². The van der Waals surface area contributed by atoms with Crippen molar-refractivity contribution in [3.8, 4) is 11.5 Å². The summed E-state index contributed by atoms with van der Waals surface area (Å²) in [7, 11) is 1.52. The monoisotopic (exact) mass is 317 g/mol. The third-order valence-corrected chi connectivity index (χ3v) is 2.88. The van der Waals surface area contributed by atoms with E-state index in [-0.39, 0.29) is 12.4 Å². The number of nitrogens with zero attached hydrogens (tertiary/aromatic N) is 1. The van der Waals surface area contributed by atoms with Gasteiger partial charge in [-0.2, -0.15) is 5.10 Å². The first-order valence-electron chi connectivity index (χ1n) is 6.72. The first-order chi connectivity index (χ1) is 11.1. The number of urea groups is 1. The van der Waals surface area contributed by atoms with Crippen LogP contribution < -0.4 is 20.6 Å². The molecule has 23 heavy (non-hydrogen) atoms. The van der Waals surface area contributed by atoms with E-state index in [1.807, 2.05) is 0 Å². The van der Waals surface area contributed by atoms with Crippen LogP contribution in [0.25, 0.3) is 0 Å². The number of hydrogen-bond donors (Lipinski definition) is 2. The molecule has 0 saturated carbocycles. The van der Waals surface area contributed by atoms with Gasteiger partial charge < -0.3 is 15.2 Å². The molecule has 0 aliphatic carbocycles. The number of hydrogen-bond acceptors (Lipinski definition) is 4. The van der Waals surface area contributed by atoms with Crippen molar-refractivity contribution in [3.05, 3.63) is 59.4 Å². The molecule has 0 atom stereocenters. The molecule has 0 aliphatic rings. The highest BCUT2D eigenvalue weighted by Crippen LogP contribution is 2.28. The molecule has 0 spiro atoms. The second-order valence-electron chi connectivity index (χ2n) is 4.56. The van der Waals surface area contributed by atoms with E-state index < -0.39 is 6.03 Å². The Balaban J connectivity index is 2.05. The lowest BCUT2D eigenvalue weighted by Crippen LogP contribution is -2.24. The van der Waals surface area contributed by atoms with Gasteiger partial charge in [-0.05, 0) is 41.5 Å². The Morgan fingerprint density at radius 3 is 2.65 bits per heavy atom. The lowest BCUT2D eigenvalue weighted by Gasteiger charge is -2.11. The van der Waals surface area contributed by atoms with E-state index in [2.05, 4.69) is 10.5 Å². The van der Waals surface area contributed by atoms with Crippen LogP contribution >= 0.6 is 0 Å². The highest BCUT2D eigenvalue weighted by atomic mass is 19.1. The fourth-order valence-corrected chi connectivity index (χ4v) is 1.80. The summed E-state index contributed by atoms with van der Waals surface area (Å²) >= 11 is 0. The summed E-state index contributed by atoms with van der Waals surface area (Å²) < 4.78 is 23.8. The van der Waals surface area contributed by atoms with Gasteiger partial charge in [0.1, 0.15) is 12.4 Å². The number of benzene rings is 2. The van der Waals surface area contributed by atoms with Crippen LogP contribution in [0.5, 0.6) is 11.5 Å². The van der Waals surface area contributed by atoms with Gasteiger partial charge in [0.25, 0.3) is 0 Å². The third kappa shape index (κ3) is 4.99. The Kier molecular flexibility index (Phi) is 5.51. The molecule has 0 fully saturated rings. The van der Waals surface area contributed by atoms with Gasteiger partial charge in [0.05, 0.1) is 13.3 Å². The van der Waals surface area contributed by atoms with Gasteiger partial charge in [-0.3, -0.25) is 0 Å². The summed E-state index contributed by atoms with van der Waals surface area (Å²) in [5.41, 5.74) is 8.55. The first kappa shape index (κ1) is 16.3. The average Bonchev–Trinajstić information content (AvgIpc) is 2.54. The number of rotatable bonds is 6.